The molecule has 2 aromatic heterocycles. The molecule has 1 N–H and O–H groups in total. The van der Waals surface area contributed by atoms with Crippen LogP contribution in [0.15, 0.2) is 54.6 Å². The summed E-state index contributed by atoms with van der Waals surface area (Å²) in [6.45, 7) is 4.05. The number of thiophene rings is 1. The first-order valence-electron chi connectivity index (χ1n) is 10.5. The molecule has 2 aromatic carbocycles. The van der Waals surface area contributed by atoms with Crippen LogP contribution in [0.4, 0.5) is 5.69 Å². The molecule has 3 nitrogen and oxygen atoms in total. The van der Waals surface area contributed by atoms with Gasteiger partial charge in [-0.3, -0.25) is 4.79 Å². The van der Waals surface area contributed by atoms with E-state index < -0.39 is 0 Å². The Morgan fingerprint density at radius 2 is 1.77 bits per heavy atom. The number of hydrogen-bond donors (Lipinski definition) is 1. The van der Waals surface area contributed by atoms with Gasteiger partial charge in [-0.25, -0.2) is 4.98 Å². The summed E-state index contributed by atoms with van der Waals surface area (Å²) in [5.74, 6) is -0.0969. The van der Waals surface area contributed by atoms with Crippen LogP contribution in [0.5, 0.6) is 0 Å². The fourth-order valence-corrected chi connectivity index (χ4v) is 5.80. The van der Waals surface area contributed by atoms with Crippen molar-refractivity contribution in [3.8, 4) is 11.1 Å². The maximum Gasteiger partial charge on any atom is 0.258 e. The molecule has 0 spiro atoms. The van der Waals surface area contributed by atoms with Crippen molar-refractivity contribution in [2.45, 2.75) is 39.5 Å². The molecule has 158 valence electrons. The lowest BCUT2D eigenvalue weighted by Gasteiger charge is -2.17. The largest absolute Gasteiger partial charge is 1.00 e. The highest BCUT2D eigenvalue weighted by molar-refractivity contribution is 7.19. The SMILES string of the molecule is Cc1cccc(-c2c(C(=O)Nc3ccccc3)c(C)nc3sc4c(c23)CCCC4)c1.[Cl-]. The number of amides is 1. The number of rotatable bonds is 3. The van der Waals surface area contributed by atoms with Gasteiger partial charge in [0.05, 0.1) is 11.3 Å². The number of aromatic nitrogens is 1. The Kier molecular flexibility index (Phi) is 6.12. The fourth-order valence-electron chi connectivity index (χ4n) is 4.48. The van der Waals surface area contributed by atoms with Gasteiger partial charge in [-0.1, -0.05) is 48.0 Å². The van der Waals surface area contributed by atoms with E-state index in [1.807, 2.05) is 48.6 Å². The molecule has 5 heteroatoms. The van der Waals surface area contributed by atoms with E-state index in [9.17, 15) is 4.79 Å². The first-order chi connectivity index (χ1) is 14.6. The van der Waals surface area contributed by atoms with Crippen LogP contribution in [0.2, 0.25) is 0 Å². The normalized spacial score (nSPS) is 12.8. The molecule has 0 saturated heterocycles. The molecule has 0 fully saturated rings. The quantitative estimate of drug-likeness (QED) is 0.520. The molecule has 0 aliphatic heterocycles. The summed E-state index contributed by atoms with van der Waals surface area (Å²) in [6, 6.07) is 18.1. The molecule has 0 unspecified atom stereocenters. The zero-order valence-electron chi connectivity index (χ0n) is 17.7. The van der Waals surface area contributed by atoms with Crippen LogP contribution >= 0.6 is 11.3 Å². The summed E-state index contributed by atoms with van der Waals surface area (Å²) < 4.78 is 0. The molecule has 1 amide bonds. The Morgan fingerprint density at radius 3 is 2.55 bits per heavy atom. The zero-order chi connectivity index (χ0) is 20.7. The fraction of sp³-hybridized carbons (Fsp3) is 0.231. The highest BCUT2D eigenvalue weighted by atomic mass is 35.5. The van der Waals surface area contributed by atoms with Crippen LogP contribution in [0, 0.1) is 13.8 Å². The standard InChI is InChI=1S/C26H24N2OS.ClH/c1-16-9-8-10-18(15-16)23-22(25(29)28-19-11-4-3-5-12-19)17(2)27-26-24(23)20-13-6-7-14-21(20)30-26;/h3-5,8-12,15H,6-7,13-14H2,1-2H3,(H,28,29);1H/p-1. The average Bonchev–Trinajstić information content (AvgIpc) is 3.11. The Bertz CT molecular complexity index is 1260. The third kappa shape index (κ3) is 3.98. The molecule has 2 heterocycles. The van der Waals surface area contributed by atoms with Gasteiger partial charge in [0.1, 0.15) is 4.83 Å². The number of pyridine rings is 1. The summed E-state index contributed by atoms with van der Waals surface area (Å²) in [6.07, 6.45) is 4.62. The number of nitrogens with one attached hydrogen (secondary N) is 1. The number of hydrogen-bond acceptors (Lipinski definition) is 3. The van der Waals surface area contributed by atoms with E-state index in [4.69, 9.17) is 4.98 Å². The lowest BCUT2D eigenvalue weighted by atomic mass is 9.89. The number of benzene rings is 2. The number of carbonyl (C=O) groups excluding carboxylic acids is 1. The monoisotopic (exact) mass is 447 g/mol. The van der Waals surface area contributed by atoms with Crippen molar-refractivity contribution in [1.29, 1.82) is 0 Å². The van der Waals surface area contributed by atoms with Crippen molar-refractivity contribution in [2.24, 2.45) is 0 Å². The van der Waals surface area contributed by atoms with Crippen molar-refractivity contribution < 1.29 is 17.2 Å². The number of fused-ring (bicyclic) bond motifs is 3. The first-order valence-corrected chi connectivity index (χ1v) is 11.3. The van der Waals surface area contributed by atoms with Crippen molar-refractivity contribution >= 4 is 33.1 Å². The summed E-state index contributed by atoms with van der Waals surface area (Å²) in [5.41, 5.74) is 6.98. The number of anilines is 1. The Labute approximate surface area is 193 Å². The summed E-state index contributed by atoms with van der Waals surface area (Å²) in [4.78, 5) is 20.9. The van der Waals surface area contributed by atoms with Crippen molar-refractivity contribution in [1.82, 2.24) is 4.98 Å². The van der Waals surface area contributed by atoms with Crippen molar-refractivity contribution in [3.05, 3.63) is 81.9 Å². The summed E-state index contributed by atoms with van der Waals surface area (Å²) in [5, 5.41) is 4.27. The van der Waals surface area contributed by atoms with Gasteiger partial charge < -0.3 is 17.7 Å². The molecule has 1 aliphatic rings. The van der Waals surface area contributed by atoms with Gasteiger partial charge in [0.25, 0.3) is 5.91 Å². The van der Waals surface area contributed by atoms with Gasteiger partial charge >= 0.3 is 0 Å². The van der Waals surface area contributed by atoms with Crippen LogP contribution in [0.3, 0.4) is 0 Å². The smallest absolute Gasteiger partial charge is 0.258 e. The van der Waals surface area contributed by atoms with Crippen molar-refractivity contribution in [2.75, 3.05) is 5.32 Å². The molecule has 0 radical (unpaired) electrons. The highest BCUT2D eigenvalue weighted by Gasteiger charge is 2.26. The van der Waals surface area contributed by atoms with E-state index >= 15 is 0 Å². The molecule has 0 saturated carbocycles. The van der Waals surface area contributed by atoms with Crippen molar-refractivity contribution in [3.63, 3.8) is 0 Å². The van der Waals surface area contributed by atoms with E-state index in [0.717, 1.165) is 40.2 Å². The van der Waals surface area contributed by atoms with Gasteiger partial charge in [0.15, 0.2) is 0 Å². The van der Waals surface area contributed by atoms with E-state index in [1.54, 1.807) is 0 Å². The molecule has 1 aliphatic carbocycles. The number of nitrogens with zero attached hydrogens (tertiary/aromatic N) is 1. The van der Waals surface area contributed by atoms with Crippen LogP contribution in [0.25, 0.3) is 21.3 Å². The van der Waals surface area contributed by atoms with Crippen LogP contribution in [-0.4, -0.2) is 10.9 Å². The minimum atomic E-state index is -0.0969. The minimum Gasteiger partial charge on any atom is -1.00 e. The topological polar surface area (TPSA) is 42.0 Å². The van der Waals surface area contributed by atoms with E-state index in [-0.39, 0.29) is 18.3 Å². The Morgan fingerprint density at radius 1 is 1.00 bits per heavy atom. The maximum absolute atomic E-state index is 13.5. The predicted molar refractivity (Wildman–Crippen MR) is 126 cm³/mol. The molecular weight excluding hydrogens is 424 g/mol. The maximum atomic E-state index is 13.5. The van der Waals surface area contributed by atoms with Gasteiger partial charge in [0.2, 0.25) is 0 Å². The second-order valence-electron chi connectivity index (χ2n) is 8.03. The van der Waals surface area contributed by atoms with Crippen LogP contribution in [-0.2, 0) is 12.8 Å². The lowest BCUT2D eigenvalue weighted by molar-refractivity contribution is -0.0000138. The second kappa shape index (κ2) is 8.81. The van der Waals surface area contributed by atoms with Gasteiger partial charge in [-0.15, -0.1) is 11.3 Å². The van der Waals surface area contributed by atoms with Gasteiger partial charge in [-0.2, -0.15) is 0 Å². The first kappa shape index (κ1) is 21.5. The molecule has 31 heavy (non-hydrogen) atoms. The summed E-state index contributed by atoms with van der Waals surface area (Å²) >= 11 is 1.81. The van der Waals surface area contributed by atoms with E-state index in [2.05, 4.69) is 36.5 Å². The predicted octanol–water partition coefficient (Wildman–Crippen LogP) is 3.72. The molecule has 0 bridgehead atoms. The van der Waals surface area contributed by atoms with E-state index in [0.29, 0.717) is 5.56 Å². The van der Waals surface area contributed by atoms with Gasteiger partial charge in [-0.05, 0) is 62.8 Å². The summed E-state index contributed by atoms with van der Waals surface area (Å²) in [7, 11) is 0. The number of para-hydroxylation sites is 1. The molecular formula is C26H24ClN2OS-. The average molecular weight is 448 g/mol. The van der Waals surface area contributed by atoms with Gasteiger partial charge in [0, 0.05) is 21.5 Å². The minimum absolute atomic E-state index is 0. The van der Waals surface area contributed by atoms with E-state index in [1.165, 1.54) is 34.2 Å². The Hall–Kier alpha value is -2.69. The third-order valence-corrected chi connectivity index (χ3v) is 7.03. The van der Waals surface area contributed by atoms with Crippen LogP contribution < -0.4 is 17.7 Å². The lowest BCUT2D eigenvalue weighted by Crippen LogP contribution is -3.00. The molecule has 4 aromatic rings. The molecule has 0 atom stereocenters. The highest BCUT2D eigenvalue weighted by Crippen LogP contribution is 2.43. The number of halogens is 1. The van der Waals surface area contributed by atoms with Crippen LogP contribution in [0.1, 0.15) is 44.9 Å². The number of aryl methyl sites for hydroxylation is 4. The number of carbonyl (C=O) groups is 1. The zero-order valence-corrected chi connectivity index (χ0v) is 19.2. The Balaban J connectivity index is 0.00000231. The molecule has 5 rings (SSSR count). The second-order valence-corrected chi connectivity index (χ2v) is 9.11. The third-order valence-electron chi connectivity index (χ3n) is 5.85.